The number of aliphatic hydroxyl groups is 1. The molecule has 0 aliphatic heterocycles. The average molecular weight is 397 g/mol. The Morgan fingerprint density at radius 3 is 2.60 bits per heavy atom. The second kappa shape index (κ2) is 7.77. The minimum absolute atomic E-state index is 0. The van der Waals surface area contributed by atoms with Gasteiger partial charge in [0, 0.05) is 24.7 Å². The van der Waals surface area contributed by atoms with Gasteiger partial charge in [0.05, 0.1) is 11.0 Å². The lowest BCUT2D eigenvalue weighted by molar-refractivity contribution is -0.687. The van der Waals surface area contributed by atoms with Crippen LogP contribution in [0.25, 0.3) is 22.4 Å². The molecule has 0 saturated heterocycles. The van der Waals surface area contributed by atoms with Crippen LogP contribution in [0.1, 0.15) is 11.4 Å². The zero-order valence-electron chi connectivity index (χ0n) is 13.7. The summed E-state index contributed by atoms with van der Waals surface area (Å²) in [5.74, 6) is 0.362. The van der Waals surface area contributed by atoms with Crippen LogP contribution in [0, 0.1) is 11.3 Å². The molecule has 0 bridgehead atoms. The molecular formula is C19H17BrN4O. The molecule has 1 aromatic carbocycles. The molecule has 3 aromatic rings. The van der Waals surface area contributed by atoms with Crippen molar-refractivity contribution >= 4 is 22.4 Å². The third-order valence-electron chi connectivity index (χ3n) is 3.86. The summed E-state index contributed by atoms with van der Waals surface area (Å²) in [4.78, 5) is 4.48. The number of nitrogens with zero attached hydrogens (tertiary/aromatic N) is 4. The van der Waals surface area contributed by atoms with Crippen LogP contribution in [-0.2, 0) is 13.6 Å². The molecule has 5 nitrogen and oxygen atoms in total. The Kier molecular flexibility index (Phi) is 5.73. The first kappa shape index (κ1) is 18.4. The molecule has 2 aromatic heterocycles. The maximum Gasteiger partial charge on any atom is 0.169 e. The predicted molar refractivity (Wildman–Crippen MR) is 92.6 cm³/mol. The number of fused-ring (bicyclic) bond motifs is 1. The van der Waals surface area contributed by atoms with Gasteiger partial charge in [-0.25, -0.2) is 9.55 Å². The summed E-state index contributed by atoms with van der Waals surface area (Å²) in [6.45, 7) is 4.37. The fourth-order valence-corrected chi connectivity index (χ4v) is 2.61. The van der Waals surface area contributed by atoms with Crippen molar-refractivity contribution in [2.75, 3.05) is 0 Å². The summed E-state index contributed by atoms with van der Waals surface area (Å²) < 4.78 is 3.73. The molecule has 3 rings (SSSR count). The first-order valence-corrected chi connectivity index (χ1v) is 7.51. The van der Waals surface area contributed by atoms with Crippen LogP contribution in [0.3, 0.4) is 0 Å². The molecule has 0 atom stereocenters. The van der Waals surface area contributed by atoms with E-state index >= 15 is 0 Å². The van der Waals surface area contributed by atoms with E-state index in [2.05, 4.69) is 17.6 Å². The number of hydrogen-bond donors (Lipinski definition) is 1. The van der Waals surface area contributed by atoms with Crippen molar-refractivity contribution in [3.05, 3.63) is 72.8 Å². The van der Waals surface area contributed by atoms with E-state index in [0.717, 1.165) is 11.0 Å². The number of imidazole rings is 1. The number of rotatable bonds is 4. The fourth-order valence-electron chi connectivity index (χ4n) is 2.61. The first-order valence-electron chi connectivity index (χ1n) is 7.51. The summed E-state index contributed by atoms with van der Waals surface area (Å²) in [6, 6.07) is 13.2. The van der Waals surface area contributed by atoms with Gasteiger partial charge in [-0.2, -0.15) is 5.26 Å². The summed E-state index contributed by atoms with van der Waals surface area (Å²) in [7, 11) is 1.83. The largest absolute Gasteiger partial charge is 1.00 e. The van der Waals surface area contributed by atoms with Crippen molar-refractivity contribution in [2.24, 2.45) is 7.05 Å². The minimum atomic E-state index is -0.0818. The molecule has 0 amide bonds. The lowest BCUT2D eigenvalue weighted by atomic mass is 10.1. The molecule has 0 aliphatic carbocycles. The number of hydrogen-bond acceptors (Lipinski definition) is 3. The number of aliphatic hydroxyl groups excluding tert-OH is 1. The van der Waals surface area contributed by atoms with E-state index in [1.807, 2.05) is 52.8 Å². The third kappa shape index (κ3) is 3.47. The smallest absolute Gasteiger partial charge is 0.169 e. The average Bonchev–Trinajstić information content (AvgIpc) is 2.94. The number of para-hydroxylation sites is 2. The lowest BCUT2D eigenvalue weighted by Gasteiger charge is -2.05. The molecule has 0 unspecified atom stereocenters. The van der Waals surface area contributed by atoms with Crippen LogP contribution in [0.4, 0.5) is 0 Å². The van der Waals surface area contributed by atoms with Gasteiger partial charge in [-0.3, -0.25) is 0 Å². The van der Waals surface area contributed by atoms with Crippen molar-refractivity contribution in [3.63, 3.8) is 0 Å². The van der Waals surface area contributed by atoms with Gasteiger partial charge in [0.2, 0.25) is 0 Å². The van der Waals surface area contributed by atoms with Crippen LogP contribution in [0.2, 0.25) is 0 Å². The van der Waals surface area contributed by atoms with E-state index in [1.54, 1.807) is 18.2 Å². The summed E-state index contributed by atoms with van der Waals surface area (Å²) >= 11 is 0. The Morgan fingerprint density at radius 2 is 2.00 bits per heavy atom. The first-order chi connectivity index (χ1) is 11.7. The summed E-state index contributed by atoms with van der Waals surface area (Å²) in [6.07, 6.45) is 5.45. The SMILES string of the molecule is C=CC[n+]1ccc(/C(O)=C(/C#N)c2nc3ccccc3n2C)cc1.[Br-]. The highest BCUT2D eigenvalue weighted by atomic mass is 79.9. The third-order valence-corrected chi connectivity index (χ3v) is 3.86. The Balaban J connectivity index is 0.00000225. The maximum absolute atomic E-state index is 10.6. The van der Waals surface area contributed by atoms with Crippen LogP contribution in [-0.4, -0.2) is 14.7 Å². The van der Waals surface area contributed by atoms with Crippen molar-refractivity contribution in [3.8, 4) is 6.07 Å². The molecular weight excluding hydrogens is 380 g/mol. The van der Waals surface area contributed by atoms with Crippen LogP contribution >= 0.6 is 0 Å². The monoisotopic (exact) mass is 396 g/mol. The summed E-state index contributed by atoms with van der Waals surface area (Å²) in [5.41, 5.74) is 2.41. The number of halogens is 1. The molecule has 6 heteroatoms. The number of nitriles is 1. The Labute approximate surface area is 156 Å². The van der Waals surface area contributed by atoms with Crippen LogP contribution in [0.5, 0.6) is 0 Å². The standard InChI is InChI=1S/C19H16N4O.BrH/c1-3-10-23-11-8-14(9-12-23)18(24)15(13-20)19-21-16-6-4-5-7-17(16)22(19)2;/h3-9,11-12H,1,10H2,2H3;1H. The van der Waals surface area contributed by atoms with Gasteiger partial charge in [-0.1, -0.05) is 18.7 Å². The molecule has 25 heavy (non-hydrogen) atoms. The van der Waals surface area contributed by atoms with Gasteiger partial charge < -0.3 is 26.7 Å². The van der Waals surface area contributed by atoms with Gasteiger partial charge in [0.25, 0.3) is 0 Å². The quantitative estimate of drug-likeness (QED) is 0.292. The minimum Gasteiger partial charge on any atom is -1.00 e. The highest BCUT2D eigenvalue weighted by Crippen LogP contribution is 2.25. The molecule has 0 saturated carbocycles. The number of pyridine rings is 1. The molecule has 0 fully saturated rings. The summed E-state index contributed by atoms with van der Waals surface area (Å²) in [5, 5.41) is 20.1. The molecule has 126 valence electrons. The second-order valence-corrected chi connectivity index (χ2v) is 5.39. The Morgan fingerprint density at radius 1 is 1.32 bits per heavy atom. The van der Waals surface area contributed by atoms with Crippen molar-refractivity contribution < 1.29 is 26.7 Å². The van der Waals surface area contributed by atoms with E-state index in [-0.39, 0.29) is 28.3 Å². The van der Waals surface area contributed by atoms with E-state index in [4.69, 9.17) is 0 Å². The highest BCUT2D eigenvalue weighted by molar-refractivity contribution is 5.94. The predicted octanol–water partition coefficient (Wildman–Crippen LogP) is 0.000680. The zero-order chi connectivity index (χ0) is 17.1. The maximum atomic E-state index is 10.6. The van der Waals surface area contributed by atoms with Crippen molar-refractivity contribution in [1.82, 2.24) is 9.55 Å². The van der Waals surface area contributed by atoms with Crippen molar-refractivity contribution in [2.45, 2.75) is 6.54 Å². The Hall–Kier alpha value is -2.91. The van der Waals surface area contributed by atoms with Crippen LogP contribution in [0.15, 0.2) is 61.4 Å². The van der Waals surface area contributed by atoms with E-state index in [9.17, 15) is 10.4 Å². The number of allylic oxidation sites excluding steroid dienone is 2. The van der Waals surface area contributed by atoms with Crippen LogP contribution < -0.4 is 21.5 Å². The molecule has 0 spiro atoms. The molecule has 1 N–H and O–H groups in total. The van der Waals surface area contributed by atoms with E-state index in [0.29, 0.717) is 17.9 Å². The molecule has 2 heterocycles. The van der Waals surface area contributed by atoms with Gasteiger partial charge in [-0.15, -0.1) is 0 Å². The normalized spacial score (nSPS) is 11.4. The lowest BCUT2D eigenvalue weighted by Crippen LogP contribution is -3.00. The van der Waals surface area contributed by atoms with Gasteiger partial charge in [0.15, 0.2) is 24.8 Å². The zero-order valence-corrected chi connectivity index (χ0v) is 15.3. The molecule has 0 radical (unpaired) electrons. The molecule has 0 aliphatic rings. The van der Waals surface area contributed by atoms with Gasteiger partial charge in [-0.05, 0) is 18.2 Å². The van der Waals surface area contributed by atoms with Gasteiger partial charge >= 0.3 is 0 Å². The second-order valence-electron chi connectivity index (χ2n) is 5.39. The van der Waals surface area contributed by atoms with E-state index in [1.165, 1.54) is 0 Å². The van der Waals surface area contributed by atoms with E-state index < -0.39 is 0 Å². The Bertz CT molecular complexity index is 981. The number of aromatic nitrogens is 3. The number of aryl methyl sites for hydroxylation is 1. The topological polar surface area (TPSA) is 65.7 Å². The number of benzene rings is 1. The fraction of sp³-hybridized carbons (Fsp3) is 0.105. The highest BCUT2D eigenvalue weighted by Gasteiger charge is 2.18. The van der Waals surface area contributed by atoms with Gasteiger partial charge in [0.1, 0.15) is 17.4 Å². The van der Waals surface area contributed by atoms with Crippen molar-refractivity contribution in [1.29, 1.82) is 5.26 Å².